The van der Waals surface area contributed by atoms with E-state index in [1.165, 1.54) is 24.3 Å². The molecule has 9 nitrogen and oxygen atoms in total. The van der Waals surface area contributed by atoms with Crippen molar-refractivity contribution in [2.75, 3.05) is 6.61 Å². The van der Waals surface area contributed by atoms with Crippen LogP contribution in [0, 0.1) is 0 Å². The Balaban J connectivity index is 2.46. The van der Waals surface area contributed by atoms with E-state index < -0.39 is 51.5 Å². The van der Waals surface area contributed by atoms with Crippen LogP contribution >= 0.6 is 0 Å². The topological polar surface area (TPSA) is 122 Å². The van der Waals surface area contributed by atoms with Crippen molar-refractivity contribution in [3.05, 3.63) is 30.3 Å². The molecule has 0 aliphatic carbocycles. The molecule has 2 rings (SSSR count). The van der Waals surface area contributed by atoms with Gasteiger partial charge in [-0.05, 0) is 12.1 Å². The maximum Gasteiger partial charge on any atom is 0.303 e. The Kier molecular flexibility index (Phi) is 6.55. The van der Waals surface area contributed by atoms with Gasteiger partial charge in [0.25, 0.3) is 0 Å². The lowest BCUT2D eigenvalue weighted by atomic mass is 10.1. The first kappa shape index (κ1) is 20.8. The minimum Gasteiger partial charge on any atom is -0.456 e. The molecule has 0 unspecified atom stereocenters. The molecule has 0 amide bonds. The van der Waals surface area contributed by atoms with Crippen molar-refractivity contribution in [3.8, 4) is 0 Å². The maximum atomic E-state index is 13.0. The molecule has 0 radical (unpaired) electrons. The van der Waals surface area contributed by atoms with Crippen LogP contribution in [0.15, 0.2) is 35.2 Å². The molecule has 1 aliphatic heterocycles. The van der Waals surface area contributed by atoms with E-state index >= 15 is 0 Å². The van der Waals surface area contributed by atoms with Crippen LogP contribution in [0.2, 0.25) is 0 Å². The first-order valence-electron chi connectivity index (χ1n) is 8.05. The Morgan fingerprint density at radius 1 is 0.889 bits per heavy atom. The van der Waals surface area contributed by atoms with Crippen LogP contribution < -0.4 is 0 Å². The molecule has 0 saturated carbocycles. The largest absolute Gasteiger partial charge is 0.456 e. The fourth-order valence-corrected chi connectivity index (χ4v) is 4.35. The standard InChI is InChI=1S/C17H20O9S/c1-10(18)24-14-9-23-17(27(21,22)13-7-5-4-6-8-13)16(26-12(3)20)15(14)25-11(2)19/h4-8,14-17H,9H2,1-3H3/t14-,15+,16+,17+/m0/s1. The van der Waals surface area contributed by atoms with Gasteiger partial charge in [-0.3, -0.25) is 14.4 Å². The summed E-state index contributed by atoms with van der Waals surface area (Å²) in [6.07, 6.45) is -3.99. The van der Waals surface area contributed by atoms with Gasteiger partial charge in [-0.2, -0.15) is 0 Å². The normalized spacial score (nSPS) is 25.3. The minimum absolute atomic E-state index is 0.0559. The van der Waals surface area contributed by atoms with Crippen LogP contribution in [-0.4, -0.2) is 56.7 Å². The first-order chi connectivity index (χ1) is 12.6. The van der Waals surface area contributed by atoms with Gasteiger partial charge in [0.15, 0.2) is 18.3 Å². The molecular formula is C17H20O9S. The van der Waals surface area contributed by atoms with E-state index in [4.69, 9.17) is 18.9 Å². The number of ether oxygens (including phenoxy) is 4. The van der Waals surface area contributed by atoms with Gasteiger partial charge in [0.05, 0.1) is 11.5 Å². The number of sulfone groups is 1. The van der Waals surface area contributed by atoms with Crippen molar-refractivity contribution in [1.29, 1.82) is 0 Å². The Bertz CT molecular complexity index is 803. The lowest BCUT2D eigenvalue weighted by Crippen LogP contribution is -2.59. The van der Waals surface area contributed by atoms with Crippen LogP contribution in [-0.2, 0) is 43.2 Å². The Morgan fingerprint density at radius 2 is 1.41 bits per heavy atom. The molecule has 1 aromatic rings. The van der Waals surface area contributed by atoms with Crippen molar-refractivity contribution < 1.29 is 41.7 Å². The number of esters is 3. The van der Waals surface area contributed by atoms with Gasteiger partial charge in [-0.1, -0.05) is 18.2 Å². The average molecular weight is 400 g/mol. The third kappa shape index (κ3) is 5.04. The second kappa shape index (κ2) is 8.49. The molecule has 27 heavy (non-hydrogen) atoms. The van der Waals surface area contributed by atoms with Crippen LogP contribution in [0.4, 0.5) is 0 Å². The third-order valence-electron chi connectivity index (χ3n) is 3.68. The molecule has 0 spiro atoms. The van der Waals surface area contributed by atoms with Gasteiger partial charge in [0.2, 0.25) is 15.3 Å². The summed E-state index contributed by atoms with van der Waals surface area (Å²) in [7, 11) is -4.11. The molecule has 1 fully saturated rings. The summed E-state index contributed by atoms with van der Waals surface area (Å²) in [5.74, 6) is -2.25. The molecule has 0 aromatic heterocycles. The molecule has 4 atom stereocenters. The Morgan fingerprint density at radius 3 is 1.93 bits per heavy atom. The number of hydrogen-bond acceptors (Lipinski definition) is 9. The summed E-state index contributed by atoms with van der Waals surface area (Å²) in [5, 5.41) is 0. The minimum atomic E-state index is -4.11. The highest BCUT2D eigenvalue weighted by Gasteiger charge is 2.52. The SMILES string of the molecule is CC(=O)O[C@@H]1[C@H](OC(C)=O)[C@@H](OC(C)=O)CO[C@@H]1S(=O)(=O)c1ccccc1. The van der Waals surface area contributed by atoms with Crippen LogP contribution in [0.5, 0.6) is 0 Å². The molecule has 1 saturated heterocycles. The number of rotatable bonds is 5. The van der Waals surface area contributed by atoms with E-state index in [0.29, 0.717) is 0 Å². The highest BCUT2D eigenvalue weighted by molar-refractivity contribution is 7.92. The van der Waals surface area contributed by atoms with Crippen molar-refractivity contribution in [2.24, 2.45) is 0 Å². The predicted molar refractivity (Wildman–Crippen MR) is 90.0 cm³/mol. The molecule has 0 bridgehead atoms. The molecule has 1 aromatic carbocycles. The zero-order valence-electron chi connectivity index (χ0n) is 15.0. The van der Waals surface area contributed by atoms with Crippen molar-refractivity contribution in [1.82, 2.24) is 0 Å². The quantitative estimate of drug-likeness (QED) is 0.517. The number of benzene rings is 1. The maximum absolute atomic E-state index is 13.0. The number of carbonyl (C=O) groups excluding carboxylic acids is 3. The van der Waals surface area contributed by atoms with Gasteiger partial charge >= 0.3 is 17.9 Å². The van der Waals surface area contributed by atoms with E-state index in [1.807, 2.05) is 0 Å². The molecule has 1 aliphatic rings. The summed E-state index contributed by atoms with van der Waals surface area (Å²) in [6, 6.07) is 7.43. The Hall–Kier alpha value is -2.46. The van der Waals surface area contributed by atoms with E-state index in [-0.39, 0.29) is 11.5 Å². The van der Waals surface area contributed by atoms with Gasteiger partial charge < -0.3 is 18.9 Å². The molecule has 148 valence electrons. The number of carbonyl (C=O) groups is 3. The van der Waals surface area contributed by atoms with Crippen molar-refractivity contribution in [2.45, 2.75) is 49.4 Å². The highest BCUT2D eigenvalue weighted by Crippen LogP contribution is 2.30. The summed E-state index contributed by atoms with van der Waals surface area (Å²) in [5.41, 5.74) is -1.64. The zero-order valence-corrected chi connectivity index (χ0v) is 15.8. The van der Waals surface area contributed by atoms with Crippen molar-refractivity contribution in [3.63, 3.8) is 0 Å². The van der Waals surface area contributed by atoms with E-state index in [0.717, 1.165) is 20.8 Å². The van der Waals surface area contributed by atoms with E-state index in [2.05, 4.69) is 0 Å². The van der Waals surface area contributed by atoms with Crippen LogP contribution in [0.25, 0.3) is 0 Å². The van der Waals surface area contributed by atoms with Gasteiger partial charge in [-0.25, -0.2) is 8.42 Å². The summed E-state index contributed by atoms with van der Waals surface area (Å²) >= 11 is 0. The lowest BCUT2D eigenvalue weighted by molar-refractivity contribution is -0.214. The third-order valence-corrected chi connectivity index (χ3v) is 5.63. The molecule has 1 heterocycles. The second-order valence-electron chi connectivity index (χ2n) is 5.86. The van der Waals surface area contributed by atoms with Gasteiger partial charge in [-0.15, -0.1) is 0 Å². The van der Waals surface area contributed by atoms with Gasteiger partial charge in [0.1, 0.15) is 0 Å². The van der Waals surface area contributed by atoms with E-state index in [1.54, 1.807) is 6.07 Å². The first-order valence-corrected chi connectivity index (χ1v) is 9.59. The van der Waals surface area contributed by atoms with Gasteiger partial charge in [0, 0.05) is 20.8 Å². The molecule has 10 heteroatoms. The molecular weight excluding hydrogens is 380 g/mol. The van der Waals surface area contributed by atoms with Crippen LogP contribution in [0.1, 0.15) is 20.8 Å². The van der Waals surface area contributed by atoms with Crippen molar-refractivity contribution >= 4 is 27.7 Å². The smallest absolute Gasteiger partial charge is 0.303 e. The highest BCUT2D eigenvalue weighted by atomic mass is 32.2. The Labute approximate surface area is 156 Å². The monoisotopic (exact) mass is 400 g/mol. The number of hydrogen-bond donors (Lipinski definition) is 0. The summed E-state index contributed by atoms with van der Waals surface area (Å²) in [6.45, 7) is 2.96. The fraction of sp³-hybridized carbons (Fsp3) is 0.471. The van der Waals surface area contributed by atoms with Crippen LogP contribution in [0.3, 0.4) is 0 Å². The van der Waals surface area contributed by atoms with E-state index in [9.17, 15) is 22.8 Å². The fourth-order valence-electron chi connectivity index (χ4n) is 2.72. The summed E-state index contributed by atoms with van der Waals surface area (Å²) < 4.78 is 46.7. The second-order valence-corrected chi connectivity index (χ2v) is 7.88. The predicted octanol–water partition coefficient (Wildman–Crippen LogP) is 0.612. The average Bonchev–Trinajstić information content (AvgIpc) is 2.57. The lowest BCUT2D eigenvalue weighted by Gasteiger charge is -2.40. The molecule has 0 N–H and O–H groups in total. The summed E-state index contributed by atoms with van der Waals surface area (Å²) in [4.78, 5) is 34.3. The zero-order chi connectivity index (χ0) is 20.2.